The molecule has 2 aromatic rings. The summed E-state index contributed by atoms with van der Waals surface area (Å²) in [5, 5.41) is 0. The summed E-state index contributed by atoms with van der Waals surface area (Å²) in [4.78, 5) is 25.4. The Hall–Kier alpha value is -2.62. The predicted molar refractivity (Wildman–Crippen MR) is 94.2 cm³/mol. The van der Waals surface area contributed by atoms with Crippen molar-refractivity contribution in [1.82, 2.24) is 4.90 Å². The number of benzene rings is 2. The van der Waals surface area contributed by atoms with Crippen LogP contribution in [0.2, 0.25) is 0 Å². The minimum absolute atomic E-state index is 0.0118. The number of primary amides is 1. The van der Waals surface area contributed by atoms with E-state index in [1.807, 2.05) is 25.1 Å². The number of rotatable bonds is 5. The number of carbonyl (C=O) groups excluding carboxylic acids is 2. The van der Waals surface area contributed by atoms with E-state index in [1.54, 1.807) is 4.90 Å². The van der Waals surface area contributed by atoms with Gasteiger partial charge in [-0.3, -0.25) is 9.59 Å². The van der Waals surface area contributed by atoms with Crippen LogP contribution >= 0.6 is 0 Å². The highest BCUT2D eigenvalue weighted by Gasteiger charge is 2.36. The second-order valence-corrected chi connectivity index (χ2v) is 6.26. The van der Waals surface area contributed by atoms with Gasteiger partial charge in [-0.25, -0.2) is 0 Å². The van der Waals surface area contributed by atoms with Gasteiger partial charge in [0.1, 0.15) is 6.04 Å². The Labute approximate surface area is 142 Å². The molecule has 4 heteroatoms. The topological polar surface area (TPSA) is 63.4 Å². The number of nitrogens with zero attached hydrogens (tertiary/aromatic N) is 1. The van der Waals surface area contributed by atoms with Gasteiger partial charge in [0.05, 0.1) is 0 Å². The van der Waals surface area contributed by atoms with Crippen molar-refractivity contribution in [3.63, 3.8) is 0 Å². The molecule has 2 atom stereocenters. The molecule has 2 N–H and O–H groups in total. The summed E-state index contributed by atoms with van der Waals surface area (Å²) < 4.78 is 0. The number of likely N-dealkylation sites (tertiary alicyclic amines) is 1. The van der Waals surface area contributed by atoms with Crippen LogP contribution in [0.5, 0.6) is 0 Å². The number of hydrogen-bond acceptors (Lipinski definition) is 2. The minimum Gasteiger partial charge on any atom is -0.368 e. The van der Waals surface area contributed by atoms with Gasteiger partial charge in [-0.2, -0.15) is 0 Å². The van der Waals surface area contributed by atoms with E-state index < -0.39 is 11.9 Å². The van der Waals surface area contributed by atoms with Gasteiger partial charge in [0.15, 0.2) is 0 Å². The zero-order chi connectivity index (χ0) is 17.1. The van der Waals surface area contributed by atoms with Crippen molar-refractivity contribution in [2.75, 3.05) is 6.54 Å². The van der Waals surface area contributed by atoms with E-state index in [1.165, 1.54) is 5.56 Å². The minimum atomic E-state index is -0.494. The second-order valence-electron chi connectivity index (χ2n) is 6.26. The van der Waals surface area contributed by atoms with Crippen LogP contribution in [0.25, 0.3) is 11.1 Å². The fourth-order valence-corrected chi connectivity index (χ4v) is 3.41. The van der Waals surface area contributed by atoms with Gasteiger partial charge in [-0.15, -0.1) is 0 Å². The lowest BCUT2D eigenvalue weighted by Crippen LogP contribution is -2.45. The molecule has 2 amide bonds. The second kappa shape index (κ2) is 6.87. The van der Waals surface area contributed by atoms with E-state index in [4.69, 9.17) is 5.73 Å². The van der Waals surface area contributed by atoms with Crippen LogP contribution in [-0.2, 0) is 9.59 Å². The third-order valence-corrected chi connectivity index (χ3v) is 4.74. The molecule has 0 saturated carbocycles. The molecule has 1 unspecified atom stereocenters. The smallest absolute Gasteiger partial charge is 0.240 e. The van der Waals surface area contributed by atoms with Gasteiger partial charge in [-0.1, -0.05) is 61.5 Å². The van der Waals surface area contributed by atoms with E-state index in [2.05, 4.69) is 36.4 Å². The normalized spacial score (nSPS) is 18.6. The van der Waals surface area contributed by atoms with Crippen LogP contribution < -0.4 is 5.73 Å². The Kier molecular flexibility index (Phi) is 4.65. The molecular weight excluding hydrogens is 300 g/mol. The Balaban J connectivity index is 1.76. The average molecular weight is 322 g/mol. The molecule has 0 radical (unpaired) electrons. The van der Waals surface area contributed by atoms with E-state index in [0.29, 0.717) is 19.4 Å². The maximum absolute atomic E-state index is 12.3. The van der Waals surface area contributed by atoms with Crippen molar-refractivity contribution in [3.05, 3.63) is 60.2 Å². The molecule has 1 aliphatic rings. The lowest BCUT2D eigenvalue weighted by molar-refractivity contribution is -0.136. The van der Waals surface area contributed by atoms with Crippen molar-refractivity contribution in [1.29, 1.82) is 0 Å². The van der Waals surface area contributed by atoms with Gasteiger partial charge in [0.2, 0.25) is 11.8 Å². The highest BCUT2D eigenvalue weighted by atomic mass is 16.2. The average Bonchev–Trinajstić information content (AvgIpc) is 2.98. The molecule has 0 bridgehead atoms. The summed E-state index contributed by atoms with van der Waals surface area (Å²) in [5.41, 5.74) is 8.88. The summed E-state index contributed by atoms with van der Waals surface area (Å²) in [6, 6.07) is 18.0. The Morgan fingerprint density at radius 1 is 1.12 bits per heavy atom. The molecule has 2 aromatic carbocycles. The van der Waals surface area contributed by atoms with Crippen molar-refractivity contribution in [3.8, 4) is 11.1 Å². The van der Waals surface area contributed by atoms with Crippen molar-refractivity contribution >= 4 is 11.8 Å². The first-order valence-corrected chi connectivity index (χ1v) is 8.34. The molecule has 1 fully saturated rings. The first-order chi connectivity index (χ1) is 11.6. The van der Waals surface area contributed by atoms with Gasteiger partial charge < -0.3 is 10.6 Å². The predicted octanol–water partition coefficient (Wildman–Crippen LogP) is 2.93. The Morgan fingerprint density at radius 3 is 2.33 bits per heavy atom. The molecular formula is C20H22N2O2. The molecule has 4 nitrogen and oxygen atoms in total. The van der Waals surface area contributed by atoms with Crippen LogP contribution in [0.15, 0.2) is 54.6 Å². The molecule has 1 aliphatic heterocycles. The van der Waals surface area contributed by atoms with Gasteiger partial charge in [0.25, 0.3) is 0 Å². The summed E-state index contributed by atoms with van der Waals surface area (Å²) in [7, 11) is 0. The van der Waals surface area contributed by atoms with E-state index in [9.17, 15) is 9.59 Å². The third-order valence-electron chi connectivity index (χ3n) is 4.74. The molecule has 0 aromatic heterocycles. The molecule has 0 aliphatic carbocycles. The van der Waals surface area contributed by atoms with Gasteiger partial charge >= 0.3 is 0 Å². The largest absolute Gasteiger partial charge is 0.368 e. The standard InChI is InChI=1S/C20H22N2O2/c1-2-18(20(21)24)22-13-17(12-19(22)23)16-10-8-15(9-11-16)14-6-4-3-5-7-14/h3-11,17-18H,2,12-13H2,1H3,(H2,21,24)/t17?,18-/m1/s1. The fraction of sp³-hybridized carbons (Fsp3) is 0.300. The summed E-state index contributed by atoms with van der Waals surface area (Å²) in [5.74, 6) is -0.292. The van der Waals surface area contributed by atoms with Crippen LogP contribution in [0.1, 0.15) is 31.2 Å². The first kappa shape index (κ1) is 16.2. The van der Waals surface area contributed by atoms with Crippen molar-refractivity contribution in [2.45, 2.75) is 31.7 Å². The summed E-state index contributed by atoms with van der Waals surface area (Å²) >= 11 is 0. The Bertz CT molecular complexity index is 725. The zero-order valence-electron chi connectivity index (χ0n) is 13.8. The Morgan fingerprint density at radius 2 is 1.75 bits per heavy atom. The number of carbonyl (C=O) groups is 2. The van der Waals surface area contributed by atoms with Crippen LogP contribution in [-0.4, -0.2) is 29.3 Å². The maximum atomic E-state index is 12.3. The van der Waals surface area contributed by atoms with E-state index in [-0.39, 0.29) is 11.8 Å². The highest BCUT2D eigenvalue weighted by Crippen LogP contribution is 2.31. The van der Waals surface area contributed by atoms with Crippen LogP contribution in [0.4, 0.5) is 0 Å². The summed E-state index contributed by atoms with van der Waals surface area (Å²) in [6.07, 6.45) is 0.995. The van der Waals surface area contributed by atoms with E-state index >= 15 is 0 Å². The molecule has 24 heavy (non-hydrogen) atoms. The maximum Gasteiger partial charge on any atom is 0.240 e. The lowest BCUT2D eigenvalue weighted by Gasteiger charge is -2.24. The lowest BCUT2D eigenvalue weighted by atomic mass is 9.95. The molecule has 1 saturated heterocycles. The van der Waals surface area contributed by atoms with Crippen molar-refractivity contribution < 1.29 is 9.59 Å². The first-order valence-electron chi connectivity index (χ1n) is 8.34. The third kappa shape index (κ3) is 3.18. The SMILES string of the molecule is CC[C@H](C(N)=O)N1CC(c2ccc(-c3ccccc3)cc2)CC1=O. The number of nitrogens with two attached hydrogens (primary N) is 1. The zero-order valence-corrected chi connectivity index (χ0v) is 13.8. The monoisotopic (exact) mass is 322 g/mol. The fourth-order valence-electron chi connectivity index (χ4n) is 3.41. The van der Waals surface area contributed by atoms with Crippen molar-refractivity contribution in [2.24, 2.45) is 5.73 Å². The highest BCUT2D eigenvalue weighted by molar-refractivity contribution is 5.88. The number of hydrogen-bond donors (Lipinski definition) is 1. The molecule has 1 heterocycles. The number of amides is 2. The van der Waals surface area contributed by atoms with Crippen LogP contribution in [0.3, 0.4) is 0 Å². The summed E-state index contributed by atoms with van der Waals surface area (Å²) in [6.45, 7) is 2.44. The molecule has 3 rings (SSSR count). The van der Waals surface area contributed by atoms with Crippen LogP contribution in [0, 0.1) is 0 Å². The molecule has 0 spiro atoms. The van der Waals surface area contributed by atoms with Gasteiger partial charge in [0, 0.05) is 18.9 Å². The van der Waals surface area contributed by atoms with E-state index in [0.717, 1.165) is 11.1 Å². The quantitative estimate of drug-likeness (QED) is 0.920. The van der Waals surface area contributed by atoms with Gasteiger partial charge in [-0.05, 0) is 23.1 Å². The molecule has 124 valence electrons.